The molecule has 11 N–H and O–H groups in total. The van der Waals surface area contributed by atoms with E-state index in [-0.39, 0.29) is 42.2 Å². The number of aliphatic carboxylic acids is 2. The van der Waals surface area contributed by atoms with Crippen LogP contribution >= 0.6 is 23.2 Å². The van der Waals surface area contributed by atoms with Gasteiger partial charge in [-0.1, -0.05) is 169 Å². The molecule has 27 nitrogen and oxygen atoms in total. The van der Waals surface area contributed by atoms with Crippen molar-refractivity contribution in [2.45, 2.75) is 44.9 Å². The second kappa shape index (κ2) is 49.2. The number of pyridine rings is 3. The van der Waals surface area contributed by atoms with Gasteiger partial charge in [0.05, 0.1) is 107 Å². The van der Waals surface area contributed by atoms with Gasteiger partial charge in [-0.05, 0) is 106 Å². The number of nitrogens with two attached hydrogens (primary N) is 2. The van der Waals surface area contributed by atoms with E-state index >= 15 is 0 Å². The average Bonchev–Trinajstić information content (AvgIpc) is 0.944. The molecule has 1 amide bonds. The Kier molecular flexibility index (Phi) is 37.6. The van der Waals surface area contributed by atoms with Crippen LogP contribution in [0.3, 0.4) is 0 Å². The Morgan fingerprint density at radius 2 is 0.779 bits per heavy atom. The zero-order chi connectivity index (χ0) is 86.3. The van der Waals surface area contributed by atoms with Crippen molar-refractivity contribution in [3.63, 3.8) is 0 Å². The number of aromatic nitrogens is 3. The first kappa shape index (κ1) is 93.3. The van der Waals surface area contributed by atoms with Crippen molar-refractivity contribution in [3.8, 4) is 63.2 Å². The number of hydrazine groups is 1. The number of nitrogens with one attached hydrogen (secondary N) is 2. The maximum absolute atomic E-state index is 12.8. The van der Waals surface area contributed by atoms with E-state index in [9.17, 15) is 19.2 Å². The number of hydrogen-bond donors (Lipinski definition) is 7. The number of nitrogens with zero attached hydrogens (tertiary/aromatic N) is 7. The van der Waals surface area contributed by atoms with Crippen LogP contribution in [-0.2, 0) is 33.6 Å². The number of ether oxygens (including phenoxy) is 8. The van der Waals surface area contributed by atoms with Gasteiger partial charge in [0, 0.05) is 103 Å². The predicted molar refractivity (Wildman–Crippen MR) is 476 cm³/mol. The maximum Gasteiger partial charge on any atom is 0.307 e. The number of rotatable bonds is 22. The highest BCUT2D eigenvalue weighted by molar-refractivity contribution is 6.35. The Hall–Kier alpha value is -14.2. The number of carboxylic acid groups (broad SMARTS) is 2. The number of phenolic OH excluding ortho intramolecular Hbond substituents is 1. The number of methoxy groups -OCH3 is 6. The summed E-state index contributed by atoms with van der Waals surface area (Å²) in [7, 11) is 9.51. The number of aromatic hydroxyl groups is 1. The van der Waals surface area contributed by atoms with Gasteiger partial charge in [0.1, 0.15) is 28.7 Å². The summed E-state index contributed by atoms with van der Waals surface area (Å²) in [6, 6.07) is 76.5. The Labute approximate surface area is 716 Å². The van der Waals surface area contributed by atoms with Crippen molar-refractivity contribution >= 4 is 96.7 Å². The van der Waals surface area contributed by atoms with Crippen LogP contribution in [0.15, 0.2) is 283 Å². The molecule has 0 radical (unpaired) electrons. The number of carbonyl (C=O) groups is 4. The third-order valence-corrected chi connectivity index (χ3v) is 18.6. The molecule has 10 aromatic carbocycles. The molecular formula is C93H95Cl2N11O16. The van der Waals surface area contributed by atoms with E-state index in [1.165, 1.54) is 34.7 Å². The first-order chi connectivity index (χ1) is 59.0. The minimum absolute atomic E-state index is 0. The molecule has 6 heterocycles. The number of Topliss-reactive ketones (excluding diaryl/α,β-unsaturated/α-hetero) is 1. The highest BCUT2D eigenvalue weighted by Gasteiger charge is 2.23. The Morgan fingerprint density at radius 3 is 1.16 bits per heavy atom. The number of carboxylic acids is 2. The van der Waals surface area contributed by atoms with Crippen LogP contribution in [0.5, 0.6) is 63.2 Å². The van der Waals surface area contributed by atoms with Gasteiger partial charge < -0.3 is 69.5 Å². The smallest absolute Gasteiger partial charge is 0.307 e. The number of alkyl halides is 1. The summed E-state index contributed by atoms with van der Waals surface area (Å²) in [4.78, 5) is 57.8. The molecule has 29 heteroatoms. The van der Waals surface area contributed by atoms with Gasteiger partial charge in [0.15, 0.2) is 40.3 Å². The molecule has 3 aromatic heterocycles. The minimum atomic E-state index is -0.866. The molecule has 0 saturated carbocycles. The van der Waals surface area contributed by atoms with E-state index in [1.54, 1.807) is 145 Å². The van der Waals surface area contributed by atoms with Crippen molar-refractivity contribution in [3.05, 3.63) is 311 Å². The summed E-state index contributed by atoms with van der Waals surface area (Å²) in [5, 5.41) is 43.6. The molecule has 3 aliphatic heterocycles. The predicted octanol–water partition coefficient (Wildman–Crippen LogP) is 16.1. The van der Waals surface area contributed by atoms with Crippen LogP contribution in [0, 0.1) is 0 Å². The molecule has 13 aromatic rings. The molecule has 0 aliphatic carbocycles. The summed E-state index contributed by atoms with van der Waals surface area (Å²) >= 11 is 11.5. The van der Waals surface area contributed by atoms with E-state index in [0.29, 0.717) is 92.5 Å². The first-order valence-corrected chi connectivity index (χ1v) is 38.9. The number of hydrogen-bond acceptors (Lipinski definition) is 23. The van der Waals surface area contributed by atoms with Gasteiger partial charge in [-0.25, -0.2) is 5.01 Å². The molecular weight excluding hydrogens is 1600 g/mol. The highest BCUT2D eigenvalue weighted by Crippen LogP contribution is 2.40. The lowest BCUT2D eigenvalue weighted by atomic mass is 10.1. The van der Waals surface area contributed by atoms with Crippen molar-refractivity contribution < 1.29 is 77.9 Å². The lowest BCUT2D eigenvalue weighted by Crippen LogP contribution is -2.25. The van der Waals surface area contributed by atoms with E-state index in [0.717, 1.165) is 87.5 Å². The Balaban J connectivity index is 0.000000186. The number of fused-ring (bicyclic) bond motifs is 3. The van der Waals surface area contributed by atoms with E-state index in [1.807, 2.05) is 133 Å². The van der Waals surface area contributed by atoms with Crippen LogP contribution in [0.2, 0.25) is 5.02 Å². The molecule has 3 aliphatic rings. The average molecular weight is 1690 g/mol. The molecule has 0 saturated heterocycles. The molecule has 0 unspecified atom stereocenters. The van der Waals surface area contributed by atoms with Crippen LogP contribution in [-0.4, -0.2) is 150 Å². The number of ketones is 1. The second-order valence-electron chi connectivity index (χ2n) is 26.1. The number of phenols is 1. The summed E-state index contributed by atoms with van der Waals surface area (Å²) in [6.07, 6.45) is 8.55. The molecule has 0 atom stereocenters. The minimum Gasteiger partial charge on any atom is -0.508 e. The van der Waals surface area contributed by atoms with Gasteiger partial charge in [0.25, 0.3) is 0 Å². The largest absolute Gasteiger partial charge is 0.508 e. The summed E-state index contributed by atoms with van der Waals surface area (Å²) < 4.78 is 43.9. The standard InChI is InChI=1S/C28H25N3O4.C19H17NO5.C11H10ClNO2.C9H9ClO.2C9H10N2.C8H8O3.H4N2.H2O/c1-33-26-17-22-24(18-27(26)34-2)29-14-12-25(22)35-21-10-8-19(9-11-21)16-28(32)31-15-13-23(30-31)20-6-4-3-5-7-20;1-23-17-10-14-15(11-18(17)24-2)20-8-7-16(14)25-13-5-3-12(4-6-13)9-19(21)22;1-14-10-5-7-8(12)3-4-13-9(7)6-11(10)15-2;10-7-6-9(11)8-4-2-1-3-5-8;2*1-2-4-8(5-3-1)9-6-7-10-11-9;9-7-3-1-6(2-4-7)5-8(10)11;1-2;/h3-12,14,17-18H,13,15-16H2,1-2H3;3-8,10-11H,9H2,1-2H3,(H,21,22);3-6H,1-2H3;1-5H,6-7H2;2*1-5,10H,6-7H2;1-4,9H,5H2,(H,10,11);1-2H2;1H2. The molecule has 632 valence electrons. The van der Waals surface area contributed by atoms with Crippen molar-refractivity contribution in [1.82, 2.24) is 30.8 Å². The third kappa shape index (κ3) is 28.0. The van der Waals surface area contributed by atoms with Crippen LogP contribution in [0.25, 0.3) is 32.7 Å². The number of amides is 1. The third-order valence-electron chi connectivity index (χ3n) is 18.1. The van der Waals surface area contributed by atoms with Crippen LogP contribution < -0.4 is 60.4 Å². The fraction of sp³-hybridized carbons (Fsp3) is 0.183. The molecule has 0 spiro atoms. The maximum atomic E-state index is 12.8. The zero-order valence-electron chi connectivity index (χ0n) is 68.0. The van der Waals surface area contributed by atoms with Crippen molar-refractivity contribution in [2.75, 3.05) is 68.2 Å². The SMILES string of the molecule is COc1cc2nccc(Cl)c2cc1OC.COc1cc2nccc(Oc3ccc(CC(=O)N4CCC(c5ccccc5)=N4)cc3)c2cc1OC.COc1cc2nccc(Oc3ccc(CC(=O)O)cc3)c2cc1OC.NN.O.O=C(CCCl)c1ccccc1.O=C(O)Cc1ccc(O)cc1.c1ccc(C2=NNCC2)cc1.c1ccc(C2=NNCC2)cc1. The van der Waals surface area contributed by atoms with E-state index in [4.69, 9.17) is 76.4 Å². The number of benzene rings is 10. The second-order valence-corrected chi connectivity index (χ2v) is 26.9. The van der Waals surface area contributed by atoms with Crippen LogP contribution in [0.4, 0.5) is 0 Å². The summed E-state index contributed by atoms with van der Waals surface area (Å²) in [6.45, 7) is 2.56. The molecule has 0 fully saturated rings. The lowest BCUT2D eigenvalue weighted by molar-refractivity contribution is -0.137. The highest BCUT2D eigenvalue weighted by atomic mass is 35.5. The van der Waals surface area contributed by atoms with Gasteiger partial charge in [-0.2, -0.15) is 15.3 Å². The van der Waals surface area contributed by atoms with Gasteiger partial charge in [-0.3, -0.25) is 45.8 Å². The van der Waals surface area contributed by atoms with E-state index in [2.05, 4.69) is 77.1 Å². The molecule has 0 bridgehead atoms. The molecule has 122 heavy (non-hydrogen) atoms. The lowest BCUT2D eigenvalue weighted by Gasteiger charge is -2.13. The van der Waals surface area contributed by atoms with Gasteiger partial charge in [0.2, 0.25) is 5.91 Å². The van der Waals surface area contributed by atoms with Crippen LogP contribution in [0.1, 0.15) is 69.4 Å². The number of hydrazone groups is 3. The number of carbonyl (C=O) groups excluding carboxylic acids is 2. The zero-order valence-corrected chi connectivity index (χ0v) is 69.5. The normalized spacial score (nSPS) is 11.8. The molecule has 16 rings (SSSR count). The van der Waals surface area contributed by atoms with Gasteiger partial charge >= 0.3 is 11.9 Å². The quantitative estimate of drug-likeness (QED) is 0.0143. The monoisotopic (exact) mass is 1690 g/mol. The van der Waals surface area contributed by atoms with E-state index < -0.39 is 11.9 Å². The first-order valence-electron chi connectivity index (χ1n) is 38.0. The Bertz CT molecular complexity index is 5560. The van der Waals surface area contributed by atoms with Gasteiger partial charge in [-0.15, -0.1) is 11.6 Å². The summed E-state index contributed by atoms with van der Waals surface area (Å²) in [5.74, 6) is 13.1. The fourth-order valence-corrected chi connectivity index (χ4v) is 12.5. The topological polar surface area (TPSA) is 389 Å². The summed E-state index contributed by atoms with van der Waals surface area (Å²) in [5.41, 5.74) is 18.0. The van der Waals surface area contributed by atoms with Crippen molar-refractivity contribution in [2.24, 2.45) is 27.0 Å². The number of halogens is 2. The Morgan fingerprint density at radius 1 is 0.426 bits per heavy atom. The fourth-order valence-electron chi connectivity index (χ4n) is 12.1. The van der Waals surface area contributed by atoms with Crippen molar-refractivity contribution in [1.29, 1.82) is 0 Å².